The van der Waals surface area contributed by atoms with E-state index < -0.39 is 23.8 Å². The molecule has 1 aromatic rings. The van der Waals surface area contributed by atoms with Crippen LogP contribution in [-0.2, 0) is 6.67 Å². The lowest BCUT2D eigenvalue weighted by Gasteiger charge is -2.27. The van der Waals surface area contributed by atoms with Gasteiger partial charge in [-0.3, -0.25) is 0 Å². The summed E-state index contributed by atoms with van der Waals surface area (Å²) in [4.78, 5) is 0. The van der Waals surface area contributed by atoms with Gasteiger partial charge in [0.1, 0.15) is 6.67 Å². The van der Waals surface area contributed by atoms with Crippen molar-refractivity contribution < 1.29 is 8.82 Å². The largest absolute Gasteiger partial charge is 0.548 e. The Morgan fingerprint density at radius 1 is 1.12 bits per heavy atom. The molecule has 1 nitrogen and oxygen atoms in total. The zero-order valence-electron chi connectivity index (χ0n) is 11.7. The molecule has 17 heavy (non-hydrogen) atoms. The minimum atomic E-state index is -1.60. The van der Waals surface area contributed by atoms with E-state index in [1.165, 1.54) is 0 Å². The van der Waals surface area contributed by atoms with Crippen LogP contribution >= 0.6 is 0 Å². The van der Waals surface area contributed by atoms with Crippen molar-refractivity contribution in [2.45, 2.75) is 46.0 Å². The fourth-order valence-electron chi connectivity index (χ4n) is 1.95. The molecule has 0 saturated heterocycles. The molecule has 0 amide bonds. The maximum absolute atomic E-state index is 13.2. The number of halogens is 1. The number of rotatable bonds is 4. The van der Waals surface area contributed by atoms with Gasteiger partial charge in [-0.1, -0.05) is 31.8 Å². The molecular formula is C12H23FOSi3. The first-order valence-electron chi connectivity index (χ1n) is 6.02. The third-order valence-electron chi connectivity index (χ3n) is 2.42. The zero-order chi connectivity index (χ0) is 13.3. The van der Waals surface area contributed by atoms with Gasteiger partial charge in [-0.25, -0.2) is 4.39 Å². The minimum absolute atomic E-state index is 0.318. The Kier molecular flexibility index (Phi) is 4.49. The summed E-state index contributed by atoms with van der Waals surface area (Å²) >= 11 is 0. The molecule has 0 saturated carbocycles. The second-order valence-corrected chi connectivity index (χ2v) is 23.2. The van der Waals surface area contributed by atoms with Crippen LogP contribution in [0.25, 0.3) is 0 Å². The van der Waals surface area contributed by atoms with Gasteiger partial charge in [-0.2, -0.15) is 0 Å². The van der Waals surface area contributed by atoms with Gasteiger partial charge < -0.3 is 4.43 Å². The molecule has 0 radical (unpaired) electrons. The number of hydrogen-bond acceptors (Lipinski definition) is 1. The van der Waals surface area contributed by atoms with Crippen molar-refractivity contribution in [1.82, 2.24) is 0 Å². The molecule has 1 rings (SSSR count). The molecule has 0 atom stereocenters. The SMILES string of the molecule is C[Si](C)(C)Oc1cccc(CF)[si]1[Si](C)(C)C. The van der Waals surface area contributed by atoms with Gasteiger partial charge >= 0.3 is 0 Å². The van der Waals surface area contributed by atoms with E-state index in [2.05, 4.69) is 45.3 Å². The Hall–Kier alpha value is -0.269. The summed E-state index contributed by atoms with van der Waals surface area (Å²) in [7, 11) is -3.96. The molecule has 0 aromatic carbocycles. The molecule has 0 fully saturated rings. The topological polar surface area (TPSA) is 9.23 Å². The normalized spacial score (nSPS) is 12.6. The van der Waals surface area contributed by atoms with E-state index >= 15 is 0 Å². The van der Waals surface area contributed by atoms with Gasteiger partial charge in [0.2, 0.25) is 8.32 Å². The summed E-state index contributed by atoms with van der Waals surface area (Å²) < 4.78 is 19.3. The maximum atomic E-state index is 13.2. The molecule has 0 aliphatic heterocycles. The molecule has 1 aromatic heterocycles. The van der Waals surface area contributed by atoms with Crippen LogP contribution < -0.4 is 4.43 Å². The van der Waals surface area contributed by atoms with E-state index in [9.17, 15) is 4.39 Å². The summed E-state index contributed by atoms with van der Waals surface area (Å²) in [6.07, 6.45) is 0. The quantitative estimate of drug-likeness (QED) is 0.758. The summed E-state index contributed by atoms with van der Waals surface area (Å²) in [6.45, 7) is 13.2. The molecular weight excluding hydrogens is 263 g/mol. The van der Waals surface area contributed by atoms with Gasteiger partial charge in [0.15, 0.2) is 0 Å². The Labute approximate surface area is 107 Å². The Morgan fingerprint density at radius 3 is 2.12 bits per heavy atom. The highest BCUT2D eigenvalue weighted by Crippen LogP contribution is 2.23. The molecule has 5 heteroatoms. The van der Waals surface area contributed by atoms with Gasteiger partial charge in [0.05, 0.1) is 20.9 Å². The Morgan fingerprint density at radius 2 is 1.71 bits per heavy atom. The van der Waals surface area contributed by atoms with Crippen molar-refractivity contribution in [3.63, 3.8) is 0 Å². The van der Waals surface area contributed by atoms with Gasteiger partial charge in [0, 0.05) is 0 Å². The average molecular weight is 287 g/mol. The molecule has 1 heterocycles. The Bertz CT molecular complexity index is 394. The first-order chi connectivity index (χ1) is 7.65. The standard InChI is InChI=1S/C12H23FOSi3/c1-16(2,3)14-12-9-7-8-11(10-13)15(12)17(4,5)6/h7-9H,10H2,1-6H3. The third kappa shape index (κ3) is 4.15. The van der Waals surface area contributed by atoms with Crippen LogP contribution in [-0.4, -0.2) is 23.8 Å². The van der Waals surface area contributed by atoms with Crippen LogP contribution in [0.15, 0.2) is 18.2 Å². The van der Waals surface area contributed by atoms with Crippen LogP contribution in [0.1, 0.15) is 5.17 Å². The maximum Gasteiger partial charge on any atom is 0.241 e. The van der Waals surface area contributed by atoms with Crippen LogP contribution in [0.2, 0.25) is 39.3 Å². The van der Waals surface area contributed by atoms with E-state index in [1.54, 1.807) is 0 Å². The predicted molar refractivity (Wildman–Crippen MR) is 79.9 cm³/mol. The summed E-state index contributed by atoms with van der Waals surface area (Å²) in [5, 5.41) is 2.09. The van der Waals surface area contributed by atoms with Crippen molar-refractivity contribution in [2.75, 3.05) is 0 Å². The van der Waals surface area contributed by atoms with Gasteiger partial charge in [-0.15, -0.1) is 0 Å². The number of hydrogen-bond donors (Lipinski definition) is 0. The Balaban J connectivity index is 3.30. The highest BCUT2D eigenvalue weighted by molar-refractivity contribution is 7.30. The van der Waals surface area contributed by atoms with E-state index in [4.69, 9.17) is 4.43 Å². The monoisotopic (exact) mass is 286 g/mol. The van der Waals surface area contributed by atoms with Gasteiger partial charge in [-0.05, 0) is 30.9 Å². The lowest BCUT2D eigenvalue weighted by molar-refractivity contribution is 0.489. The predicted octanol–water partition coefficient (Wildman–Crippen LogP) is 4.08. The minimum Gasteiger partial charge on any atom is -0.548 e. The van der Waals surface area contributed by atoms with Crippen molar-refractivity contribution >= 4 is 23.8 Å². The van der Waals surface area contributed by atoms with E-state index in [0.29, 0.717) is 0 Å². The molecule has 0 bridgehead atoms. The second kappa shape index (κ2) is 5.16. The molecule has 96 valence electrons. The van der Waals surface area contributed by atoms with Crippen molar-refractivity contribution in [3.05, 3.63) is 23.4 Å². The third-order valence-corrected chi connectivity index (χ3v) is 12.9. The van der Waals surface area contributed by atoms with E-state index in [1.807, 2.05) is 12.1 Å². The highest BCUT2D eigenvalue weighted by atomic mass is 29.2. The average Bonchev–Trinajstić information content (AvgIpc) is 2.12. The van der Waals surface area contributed by atoms with Crippen LogP contribution in [0.5, 0.6) is 5.36 Å². The molecule has 0 aliphatic rings. The fourth-order valence-corrected chi connectivity index (χ4v) is 13.0. The van der Waals surface area contributed by atoms with E-state index in [-0.39, 0.29) is 6.67 Å². The van der Waals surface area contributed by atoms with Crippen molar-refractivity contribution in [3.8, 4) is 5.36 Å². The first-order valence-corrected chi connectivity index (χ1v) is 15.4. The molecule has 0 N–H and O–H groups in total. The fraction of sp³-hybridized carbons (Fsp3) is 0.583. The van der Waals surface area contributed by atoms with Crippen LogP contribution in [0.4, 0.5) is 4.39 Å². The molecule has 0 unspecified atom stereocenters. The van der Waals surface area contributed by atoms with Crippen molar-refractivity contribution in [2.24, 2.45) is 0 Å². The van der Waals surface area contributed by atoms with E-state index in [0.717, 1.165) is 10.5 Å². The summed E-state index contributed by atoms with van der Waals surface area (Å²) in [5.74, 6) is 0. The first kappa shape index (κ1) is 14.8. The lowest BCUT2D eigenvalue weighted by atomic mass is 10.5. The lowest BCUT2D eigenvalue weighted by Crippen LogP contribution is -2.40. The number of alkyl halides is 1. The zero-order valence-corrected chi connectivity index (χ0v) is 14.7. The van der Waals surface area contributed by atoms with Crippen LogP contribution in [0, 0.1) is 0 Å². The second-order valence-electron chi connectivity index (χ2n) is 6.39. The van der Waals surface area contributed by atoms with Crippen molar-refractivity contribution in [1.29, 1.82) is 0 Å². The van der Waals surface area contributed by atoms with Crippen LogP contribution in [0.3, 0.4) is 0 Å². The highest BCUT2D eigenvalue weighted by Gasteiger charge is 2.28. The summed E-state index contributed by atoms with van der Waals surface area (Å²) in [5.41, 5.74) is 0. The molecule has 0 spiro atoms. The molecule has 0 aliphatic carbocycles. The summed E-state index contributed by atoms with van der Waals surface area (Å²) in [6, 6.07) is 5.98. The van der Waals surface area contributed by atoms with Gasteiger partial charge in [0.25, 0.3) is 0 Å². The smallest absolute Gasteiger partial charge is 0.241 e.